The molecule has 2 aliphatic heterocycles. The number of likely N-dealkylation sites (tertiary alicyclic amines) is 1. The summed E-state index contributed by atoms with van der Waals surface area (Å²) in [5, 5.41) is 3.60. The van der Waals surface area contributed by atoms with Crippen LogP contribution in [0, 0.1) is 0 Å². The molecule has 5 heteroatoms. The minimum Gasteiger partial charge on any atom is -0.450 e. The largest absolute Gasteiger partial charge is 0.450 e. The van der Waals surface area contributed by atoms with Crippen molar-refractivity contribution in [3.05, 3.63) is 0 Å². The van der Waals surface area contributed by atoms with Crippen molar-refractivity contribution in [2.75, 3.05) is 32.8 Å². The van der Waals surface area contributed by atoms with Crippen LogP contribution in [0.15, 0.2) is 0 Å². The van der Waals surface area contributed by atoms with Crippen molar-refractivity contribution in [3.8, 4) is 0 Å². The average Bonchev–Trinajstić information content (AvgIpc) is 2.98. The molecule has 0 aromatic carbocycles. The molecular weight excluding hydrogens is 256 g/mol. The molecule has 0 radical (unpaired) electrons. The molecule has 2 aliphatic rings. The van der Waals surface area contributed by atoms with Crippen LogP contribution in [-0.4, -0.2) is 56.0 Å². The molecule has 1 unspecified atom stereocenters. The lowest BCUT2D eigenvalue weighted by molar-refractivity contribution is 0.0935. The Morgan fingerprint density at radius 3 is 2.80 bits per heavy atom. The molecule has 0 aliphatic carbocycles. The van der Waals surface area contributed by atoms with Gasteiger partial charge in [-0.25, -0.2) is 4.79 Å². The van der Waals surface area contributed by atoms with E-state index < -0.39 is 0 Å². The van der Waals surface area contributed by atoms with Crippen LogP contribution in [0.1, 0.15) is 45.4 Å². The van der Waals surface area contributed by atoms with E-state index in [2.05, 4.69) is 5.32 Å². The zero-order valence-corrected chi connectivity index (χ0v) is 12.6. The first-order chi connectivity index (χ1) is 9.79. The quantitative estimate of drug-likeness (QED) is 0.759. The van der Waals surface area contributed by atoms with E-state index in [1.807, 2.05) is 11.8 Å². The van der Waals surface area contributed by atoms with E-state index in [-0.39, 0.29) is 6.09 Å². The van der Waals surface area contributed by atoms with Gasteiger partial charge in [0.25, 0.3) is 0 Å². The number of piperidine rings is 1. The molecule has 0 spiro atoms. The molecule has 0 aromatic rings. The summed E-state index contributed by atoms with van der Waals surface area (Å²) in [6.07, 6.45) is 7.21. The van der Waals surface area contributed by atoms with Crippen LogP contribution in [0.4, 0.5) is 4.79 Å². The van der Waals surface area contributed by atoms with E-state index in [4.69, 9.17) is 9.47 Å². The van der Waals surface area contributed by atoms with Gasteiger partial charge in [-0.2, -0.15) is 0 Å². The molecule has 1 atom stereocenters. The smallest absolute Gasteiger partial charge is 0.409 e. The highest BCUT2D eigenvalue weighted by Gasteiger charge is 2.23. The van der Waals surface area contributed by atoms with E-state index in [0.717, 1.165) is 39.1 Å². The number of carbonyl (C=O) groups excluding carboxylic acids is 1. The topological polar surface area (TPSA) is 50.8 Å². The van der Waals surface area contributed by atoms with Crippen LogP contribution in [0.2, 0.25) is 0 Å². The zero-order valence-electron chi connectivity index (χ0n) is 12.6. The van der Waals surface area contributed by atoms with E-state index in [9.17, 15) is 4.79 Å². The molecule has 0 aromatic heterocycles. The van der Waals surface area contributed by atoms with Crippen molar-refractivity contribution < 1.29 is 14.3 Å². The highest BCUT2D eigenvalue weighted by molar-refractivity contribution is 5.67. The fraction of sp³-hybridized carbons (Fsp3) is 0.933. The van der Waals surface area contributed by atoms with Gasteiger partial charge in [-0.1, -0.05) is 0 Å². The number of ether oxygens (including phenoxy) is 2. The summed E-state index contributed by atoms with van der Waals surface area (Å²) < 4.78 is 10.6. The predicted octanol–water partition coefficient (Wildman–Crippen LogP) is 2.16. The maximum Gasteiger partial charge on any atom is 0.409 e. The Bertz CT molecular complexity index is 285. The summed E-state index contributed by atoms with van der Waals surface area (Å²) in [5.41, 5.74) is 0. The van der Waals surface area contributed by atoms with Gasteiger partial charge in [0.15, 0.2) is 0 Å². The summed E-state index contributed by atoms with van der Waals surface area (Å²) >= 11 is 0. The number of carbonyl (C=O) groups is 1. The highest BCUT2D eigenvalue weighted by atomic mass is 16.6. The monoisotopic (exact) mass is 284 g/mol. The molecule has 0 bridgehead atoms. The third-order valence-corrected chi connectivity index (χ3v) is 4.18. The molecular formula is C15H28N2O3. The molecule has 2 saturated heterocycles. The summed E-state index contributed by atoms with van der Waals surface area (Å²) in [7, 11) is 0. The first kappa shape index (κ1) is 15.6. The van der Waals surface area contributed by atoms with Crippen molar-refractivity contribution >= 4 is 6.09 Å². The molecule has 2 fully saturated rings. The normalized spacial score (nSPS) is 24.1. The summed E-state index contributed by atoms with van der Waals surface area (Å²) in [6.45, 7) is 5.93. The second kappa shape index (κ2) is 8.47. The lowest BCUT2D eigenvalue weighted by Gasteiger charge is -2.31. The molecule has 2 heterocycles. The van der Waals surface area contributed by atoms with Crippen molar-refractivity contribution in [2.24, 2.45) is 0 Å². The van der Waals surface area contributed by atoms with Crippen LogP contribution in [0.25, 0.3) is 0 Å². The molecule has 5 nitrogen and oxygen atoms in total. The van der Waals surface area contributed by atoms with Crippen molar-refractivity contribution in [1.82, 2.24) is 10.2 Å². The maximum atomic E-state index is 11.6. The highest BCUT2D eigenvalue weighted by Crippen LogP contribution is 2.17. The molecule has 2 rings (SSSR count). The lowest BCUT2D eigenvalue weighted by Crippen LogP contribution is -2.45. The molecule has 1 amide bonds. The van der Waals surface area contributed by atoms with Gasteiger partial charge in [0.1, 0.15) is 0 Å². The number of rotatable bonds is 6. The lowest BCUT2D eigenvalue weighted by atomic mass is 10.0. The van der Waals surface area contributed by atoms with Crippen LogP contribution in [0.5, 0.6) is 0 Å². The maximum absolute atomic E-state index is 11.6. The zero-order chi connectivity index (χ0) is 14.2. The fourth-order valence-corrected chi connectivity index (χ4v) is 2.99. The van der Waals surface area contributed by atoms with Crippen molar-refractivity contribution in [2.45, 2.75) is 57.6 Å². The second-order valence-corrected chi connectivity index (χ2v) is 5.69. The predicted molar refractivity (Wildman–Crippen MR) is 77.8 cm³/mol. The van der Waals surface area contributed by atoms with Gasteiger partial charge in [-0.3, -0.25) is 0 Å². The Labute approximate surface area is 122 Å². The number of amides is 1. The fourth-order valence-electron chi connectivity index (χ4n) is 2.99. The number of nitrogens with one attached hydrogen (secondary N) is 1. The molecule has 116 valence electrons. The average molecular weight is 284 g/mol. The Morgan fingerprint density at radius 1 is 1.35 bits per heavy atom. The van der Waals surface area contributed by atoms with E-state index in [1.54, 1.807) is 0 Å². The number of nitrogens with zero attached hydrogens (tertiary/aromatic N) is 1. The minimum absolute atomic E-state index is 0.163. The van der Waals surface area contributed by atoms with Crippen LogP contribution >= 0.6 is 0 Å². The van der Waals surface area contributed by atoms with E-state index in [0.29, 0.717) is 18.8 Å². The molecule has 0 saturated carbocycles. The van der Waals surface area contributed by atoms with Crippen molar-refractivity contribution in [3.63, 3.8) is 0 Å². The first-order valence-electron chi connectivity index (χ1n) is 8.06. The SMILES string of the molecule is CCOC(=O)N1CCC(NCCCC2CCCO2)CC1. The van der Waals surface area contributed by atoms with Gasteiger partial charge >= 0.3 is 6.09 Å². The minimum atomic E-state index is -0.163. The first-order valence-corrected chi connectivity index (χ1v) is 8.06. The van der Waals surface area contributed by atoms with Gasteiger partial charge in [0, 0.05) is 25.7 Å². The summed E-state index contributed by atoms with van der Waals surface area (Å²) in [6, 6.07) is 0.546. The molecule has 1 N–H and O–H groups in total. The van der Waals surface area contributed by atoms with Crippen molar-refractivity contribution in [1.29, 1.82) is 0 Å². The van der Waals surface area contributed by atoms with E-state index in [1.165, 1.54) is 25.7 Å². The van der Waals surface area contributed by atoms with Gasteiger partial charge in [-0.05, 0) is 52.0 Å². The van der Waals surface area contributed by atoms with Gasteiger partial charge in [0.2, 0.25) is 0 Å². The molecule has 20 heavy (non-hydrogen) atoms. The Morgan fingerprint density at radius 2 is 2.15 bits per heavy atom. The third-order valence-electron chi connectivity index (χ3n) is 4.18. The van der Waals surface area contributed by atoms with E-state index >= 15 is 0 Å². The van der Waals surface area contributed by atoms with Crippen LogP contribution in [0.3, 0.4) is 0 Å². The van der Waals surface area contributed by atoms with Gasteiger partial charge in [-0.15, -0.1) is 0 Å². The number of hydrogen-bond acceptors (Lipinski definition) is 4. The van der Waals surface area contributed by atoms with Crippen LogP contribution in [-0.2, 0) is 9.47 Å². The Hall–Kier alpha value is -0.810. The standard InChI is InChI=1S/C15H28N2O3/c1-2-19-15(18)17-10-7-13(8-11-17)16-9-3-5-14-6-4-12-20-14/h13-14,16H,2-12H2,1H3. The second-order valence-electron chi connectivity index (χ2n) is 5.69. The van der Waals surface area contributed by atoms with Crippen LogP contribution < -0.4 is 5.32 Å². The van der Waals surface area contributed by atoms with Gasteiger partial charge in [0.05, 0.1) is 12.7 Å². The summed E-state index contributed by atoms with van der Waals surface area (Å²) in [4.78, 5) is 13.4. The Balaban J connectivity index is 1.52. The number of hydrogen-bond donors (Lipinski definition) is 1. The van der Waals surface area contributed by atoms with Gasteiger partial charge < -0.3 is 19.7 Å². The summed E-state index contributed by atoms with van der Waals surface area (Å²) in [5.74, 6) is 0. The Kier molecular flexibility index (Phi) is 6.60. The third kappa shape index (κ3) is 4.94.